The van der Waals surface area contributed by atoms with Crippen molar-refractivity contribution < 1.29 is 9.59 Å². The number of amides is 2. The molecule has 2 aliphatic heterocycles. The lowest BCUT2D eigenvalue weighted by Crippen LogP contribution is -2.48. The highest BCUT2D eigenvalue weighted by atomic mass is 32.2. The van der Waals surface area contributed by atoms with Crippen molar-refractivity contribution >= 4 is 56.5 Å². The van der Waals surface area contributed by atoms with Crippen molar-refractivity contribution in [2.75, 3.05) is 24.2 Å². The van der Waals surface area contributed by atoms with Crippen LogP contribution in [-0.2, 0) is 24.2 Å². The molecule has 0 aromatic carbocycles. The second-order valence-electron chi connectivity index (χ2n) is 9.63. The largest absolute Gasteiger partial charge is 0.365 e. The van der Waals surface area contributed by atoms with Gasteiger partial charge in [0.05, 0.1) is 11.3 Å². The molecule has 5 rings (SSSR count). The number of nitrogens with one attached hydrogen (secondary N) is 1. The molecule has 0 radical (unpaired) electrons. The number of piperidine rings is 1. The third kappa shape index (κ3) is 4.55. The fraction of sp³-hybridized carbons (Fsp3) is 0.500. The van der Waals surface area contributed by atoms with Crippen molar-refractivity contribution in [3.8, 4) is 0 Å². The third-order valence-corrected chi connectivity index (χ3v) is 9.77. The van der Waals surface area contributed by atoms with Crippen LogP contribution in [0.15, 0.2) is 23.0 Å². The Morgan fingerprint density at radius 1 is 1.29 bits per heavy atom. The van der Waals surface area contributed by atoms with Crippen molar-refractivity contribution in [1.82, 2.24) is 9.47 Å². The van der Waals surface area contributed by atoms with Crippen molar-refractivity contribution in [3.63, 3.8) is 0 Å². The highest BCUT2D eigenvalue weighted by Gasteiger charge is 2.35. The molecule has 3 aliphatic rings. The molecule has 0 unspecified atom stereocenters. The fourth-order valence-electron chi connectivity index (χ4n) is 5.53. The number of hydrogen-bond acceptors (Lipinski definition) is 6. The van der Waals surface area contributed by atoms with E-state index in [0.717, 1.165) is 54.9 Å². The second-order valence-corrected chi connectivity index (χ2v) is 12.3. The van der Waals surface area contributed by atoms with Crippen LogP contribution in [0.4, 0.5) is 5.00 Å². The van der Waals surface area contributed by atoms with Crippen LogP contribution in [0.5, 0.6) is 0 Å². The Balaban J connectivity index is 1.21. The van der Waals surface area contributed by atoms with Crippen LogP contribution in [0.3, 0.4) is 0 Å². The van der Waals surface area contributed by atoms with Gasteiger partial charge in [0.15, 0.2) is 0 Å². The minimum atomic E-state index is -0.482. The van der Waals surface area contributed by atoms with Gasteiger partial charge in [0.1, 0.15) is 9.32 Å². The van der Waals surface area contributed by atoms with Gasteiger partial charge in [-0.2, -0.15) is 0 Å². The number of anilines is 1. The van der Waals surface area contributed by atoms with E-state index in [0.29, 0.717) is 33.3 Å². The molecule has 180 valence electrons. The molecule has 0 spiro atoms. The smallest absolute Gasteiger partial charge is 0.251 e. The summed E-state index contributed by atoms with van der Waals surface area (Å²) in [7, 11) is 0. The zero-order valence-electron chi connectivity index (χ0n) is 19.0. The number of thiophene rings is 1. The van der Waals surface area contributed by atoms with Crippen LogP contribution in [0.1, 0.15) is 52.2 Å². The molecule has 10 heteroatoms. The van der Waals surface area contributed by atoms with E-state index in [1.807, 2.05) is 16.7 Å². The predicted octanol–water partition coefficient (Wildman–Crippen LogP) is 3.21. The van der Waals surface area contributed by atoms with E-state index in [1.165, 1.54) is 23.1 Å². The summed E-state index contributed by atoms with van der Waals surface area (Å²) in [5.74, 6) is 0.722. The summed E-state index contributed by atoms with van der Waals surface area (Å²) < 4.78 is 2.60. The summed E-state index contributed by atoms with van der Waals surface area (Å²) in [6.45, 7) is 4.48. The summed E-state index contributed by atoms with van der Waals surface area (Å²) in [6, 6.07) is 5.48. The highest BCUT2D eigenvalue weighted by molar-refractivity contribution is 8.23. The number of carbonyl (C=O) groups is 2. The Morgan fingerprint density at radius 3 is 2.91 bits per heavy atom. The number of primary amides is 1. The van der Waals surface area contributed by atoms with Gasteiger partial charge in [-0.1, -0.05) is 37.0 Å². The summed E-state index contributed by atoms with van der Waals surface area (Å²) in [5, 5.41) is 3.49. The van der Waals surface area contributed by atoms with Crippen LogP contribution in [0.25, 0.3) is 0 Å². The third-order valence-electron chi connectivity index (χ3n) is 7.08. The number of hydrogen-bond donors (Lipinski definition) is 2. The molecule has 1 saturated heterocycles. The molecule has 3 N–H and O–H groups in total. The minimum Gasteiger partial charge on any atom is -0.365 e. The minimum absolute atomic E-state index is 0.0642. The van der Waals surface area contributed by atoms with E-state index in [2.05, 4.69) is 17.1 Å². The normalized spacial score (nSPS) is 23.1. The number of nitrogens with two attached hydrogens (primary N) is 1. The van der Waals surface area contributed by atoms with Crippen LogP contribution in [0.2, 0.25) is 0 Å². The summed E-state index contributed by atoms with van der Waals surface area (Å²) in [4.78, 5) is 40.4. The van der Waals surface area contributed by atoms with Gasteiger partial charge in [-0.25, -0.2) is 0 Å². The number of pyridine rings is 1. The first-order valence-corrected chi connectivity index (χ1v) is 13.9. The SMILES string of the molecule is C[C@@H]1CCc2c(sc(NC(=O)CSC(=S)N3C[C@@H]4C[C@@H](C3)c3cccc(=O)n3C4)c2C(N)=O)C1. The van der Waals surface area contributed by atoms with E-state index >= 15 is 0 Å². The van der Waals surface area contributed by atoms with Gasteiger partial charge in [-0.3, -0.25) is 14.4 Å². The van der Waals surface area contributed by atoms with Gasteiger partial charge in [0.25, 0.3) is 11.5 Å². The van der Waals surface area contributed by atoms with Crippen molar-refractivity contribution in [1.29, 1.82) is 0 Å². The van der Waals surface area contributed by atoms with E-state index in [4.69, 9.17) is 18.0 Å². The Kier molecular flexibility index (Phi) is 6.56. The number of aromatic nitrogens is 1. The number of carbonyl (C=O) groups excluding carboxylic acids is 2. The number of fused-ring (bicyclic) bond motifs is 5. The van der Waals surface area contributed by atoms with E-state index in [9.17, 15) is 14.4 Å². The maximum Gasteiger partial charge on any atom is 0.251 e. The van der Waals surface area contributed by atoms with Gasteiger partial charge in [0, 0.05) is 42.2 Å². The number of thioether (sulfide) groups is 1. The topological polar surface area (TPSA) is 97.4 Å². The zero-order valence-corrected chi connectivity index (χ0v) is 21.5. The Morgan fingerprint density at radius 2 is 2.12 bits per heavy atom. The fourth-order valence-corrected chi connectivity index (χ4v) is 7.94. The van der Waals surface area contributed by atoms with Crippen LogP contribution in [0, 0.1) is 11.8 Å². The molecule has 2 aromatic rings. The van der Waals surface area contributed by atoms with Crippen LogP contribution < -0.4 is 16.6 Å². The monoisotopic (exact) mass is 516 g/mol. The van der Waals surface area contributed by atoms with Crippen LogP contribution in [-0.4, -0.2) is 44.4 Å². The number of thiocarbonyl (C=S) groups is 1. The zero-order chi connectivity index (χ0) is 24.0. The maximum absolute atomic E-state index is 12.8. The van der Waals surface area contributed by atoms with Gasteiger partial charge < -0.3 is 20.5 Å². The predicted molar refractivity (Wildman–Crippen MR) is 141 cm³/mol. The van der Waals surface area contributed by atoms with Crippen LogP contribution >= 0.6 is 35.3 Å². The number of nitrogens with zero attached hydrogens (tertiary/aromatic N) is 2. The molecule has 1 fully saturated rings. The maximum atomic E-state index is 12.8. The summed E-state index contributed by atoms with van der Waals surface area (Å²) in [6.07, 6.45) is 3.83. The first-order chi connectivity index (χ1) is 16.3. The molecule has 34 heavy (non-hydrogen) atoms. The molecular formula is C24H28N4O3S3. The van der Waals surface area contributed by atoms with Gasteiger partial charge in [-0.15, -0.1) is 11.3 Å². The van der Waals surface area contributed by atoms with E-state index < -0.39 is 5.91 Å². The number of rotatable bonds is 4. The van der Waals surface area contributed by atoms with Crippen molar-refractivity contribution in [3.05, 3.63) is 50.3 Å². The van der Waals surface area contributed by atoms with Gasteiger partial charge in [0.2, 0.25) is 5.91 Å². The quantitative estimate of drug-likeness (QED) is 0.606. The average Bonchev–Trinajstić information content (AvgIpc) is 3.15. The molecule has 3 atom stereocenters. The molecular weight excluding hydrogens is 488 g/mol. The second kappa shape index (κ2) is 9.47. The van der Waals surface area contributed by atoms with Gasteiger partial charge >= 0.3 is 0 Å². The Hall–Kier alpha value is -2.17. The van der Waals surface area contributed by atoms with E-state index in [1.54, 1.807) is 6.07 Å². The first-order valence-electron chi connectivity index (χ1n) is 11.7. The van der Waals surface area contributed by atoms with E-state index in [-0.39, 0.29) is 23.1 Å². The van der Waals surface area contributed by atoms with Crippen molar-refractivity contribution in [2.24, 2.45) is 17.6 Å². The average molecular weight is 517 g/mol. The summed E-state index contributed by atoms with van der Waals surface area (Å²) in [5.41, 5.74) is 8.29. The molecule has 2 bridgehead atoms. The lowest BCUT2D eigenvalue weighted by molar-refractivity contribution is -0.113. The van der Waals surface area contributed by atoms with Crippen molar-refractivity contribution in [2.45, 2.75) is 45.1 Å². The standard InChI is InChI=1S/C24H28N4O3S3/c1-13-5-6-16-18(7-13)34-23(21(16)22(25)31)26-19(29)12-33-24(32)27-9-14-8-15(11-27)17-3-2-4-20(30)28(17)10-14/h2-4,13-15H,5-12H2,1H3,(H2,25,31)(H,26,29)/t13-,14+,15+/m1/s1. The lowest BCUT2D eigenvalue weighted by atomic mass is 9.83. The lowest BCUT2D eigenvalue weighted by Gasteiger charge is -2.43. The molecule has 2 amide bonds. The molecule has 4 heterocycles. The van der Waals surface area contributed by atoms with Gasteiger partial charge in [-0.05, 0) is 49.1 Å². The Labute approximate surface area is 212 Å². The number of likely N-dealkylation sites (tertiary alicyclic amines) is 1. The molecule has 0 saturated carbocycles. The highest BCUT2D eigenvalue weighted by Crippen LogP contribution is 2.40. The summed E-state index contributed by atoms with van der Waals surface area (Å²) >= 11 is 8.50. The molecule has 2 aromatic heterocycles. The Bertz CT molecular complexity index is 1220. The molecule has 7 nitrogen and oxygen atoms in total. The molecule has 1 aliphatic carbocycles. The first kappa shape index (κ1) is 23.6.